The van der Waals surface area contributed by atoms with Gasteiger partial charge in [-0.1, -0.05) is 48.5 Å². The van der Waals surface area contributed by atoms with Crippen molar-refractivity contribution in [1.29, 1.82) is 5.41 Å². The zero-order valence-electron chi connectivity index (χ0n) is 17.7. The Hall–Kier alpha value is -4.65. The van der Waals surface area contributed by atoms with Crippen molar-refractivity contribution in [2.24, 2.45) is 5.73 Å². The number of rotatable bonds is 7. The molecule has 1 amide bonds. The zero-order valence-corrected chi connectivity index (χ0v) is 17.7. The number of nitrogens with two attached hydrogens (primary N) is 1. The van der Waals surface area contributed by atoms with Gasteiger partial charge in [0.15, 0.2) is 0 Å². The number of nitrogens with one attached hydrogen (secondary N) is 3. The van der Waals surface area contributed by atoms with Gasteiger partial charge in [-0.05, 0) is 48.0 Å². The van der Waals surface area contributed by atoms with Crippen LogP contribution in [0.25, 0.3) is 5.69 Å². The lowest BCUT2D eigenvalue weighted by molar-refractivity contribution is -0.117. The van der Waals surface area contributed by atoms with Gasteiger partial charge in [0.05, 0.1) is 0 Å². The molecule has 0 aliphatic rings. The first kappa shape index (κ1) is 21.6. The highest BCUT2D eigenvalue weighted by Gasteiger charge is 2.21. The third-order valence-electron chi connectivity index (χ3n) is 5.12. The third-order valence-corrected chi connectivity index (χ3v) is 5.12. The Kier molecular flexibility index (Phi) is 6.31. The maximum Gasteiger partial charge on any atom is 0.255 e. The number of anilines is 2. The second kappa shape index (κ2) is 9.65. The first-order valence-corrected chi connectivity index (χ1v) is 10.4. The van der Waals surface area contributed by atoms with Crippen LogP contribution < -0.4 is 21.9 Å². The number of nitrogens with zero attached hydrogens (tertiary/aromatic N) is 1. The van der Waals surface area contributed by atoms with Crippen molar-refractivity contribution in [3.63, 3.8) is 0 Å². The minimum Gasteiger partial charge on any atom is -0.384 e. The summed E-state index contributed by atoms with van der Waals surface area (Å²) >= 11 is 0. The molecule has 1 aromatic heterocycles. The number of amidine groups is 1. The van der Waals surface area contributed by atoms with Crippen LogP contribution in [0.5, 0.6) is 0 Å². The highest BCUT2D eigenvalue weighted by molar-refractivity contribution is 6.00. The van der Waals surface area contributed by atoms with E-state index in [9.17, 15) is 9.59 Å². The van der Waals surface area contributed by atoms with Crippen LogP contribution in [0.4, 0.5) is 11.4 Å². The molecule has 164 valence electrons. The van der Waals surface area contributed by atoms with Crippen LogP contribution in [0, 0.1) is 5.41 Å². The van der Waals surface area contributed by atoms with Gasteiger partial charge in [-0.25, -0.2) is 0 Å². The molecule has 0 saturated heterocycles. The van der Waals surface area contributed by atoms with Gasteiger partial charge in [-0.15, -0.1) is 0 Å². The number of hydrogen-bond donors (Lipinski definition) is 4. The van der Waals surface area contributed by atoms with E-state index in [0.29, 0.717) is 11.3 Å². The van der Waals surface area contributed by atoms with Gasteiger partial charge >= 0.3 is 0 Å². The van der Waals surface area contributed by atoms with Crippen LogP contribution in [0.2, 0.25) is 0 Å². The lowest BCUT2D eigenvalue weighted by atomic mass is 10.1. The Morgan fingerprint density at radius 3 is 2.27 bits per heavy atom. The van der Waals surface area contributed by atoms with Crippen LogP contribution in [0.1, 0.15) is 17.2 Å². The topological polar surface area (TPSA) is 113 Å². The van der Waals surface area contributed by atoms with Crippen molar-refractivity contribution in [1.82, 2.24) is 4.57 Å². The minimum atomic E-state index is -0.669. The highest BCUT2D eigenvalue weighted by atomic mass is 16.2. The molecular weight excluding hydrogens is 414 g/mol. The van der Waals surface area contributed by atoms with Gasteiger partial charge < -0.3 is 16.4 Å². The van der Waals surface area contributed by atoms with E-state index >= 15 is 0 Å². The fourth-order valence-corrected chi connectivity index (χ4v) is 3.45. The lowest BCUT2D eigenvalue weighted by Gasteiger charge is -2.20. The predicted octanol–water partition coefficient (Wildman–Crippen LogP) is 3.91. The van der Waals surface area contributed by atoms with Crippen LogP contribution in [-0.4, -0.2) is 16.3 Å². The van der Waals surface area contributed by atoms with Crippen molar-refractivity contribution in [2.45, 2.75) is 6.04 Å². The average Bonchev–Trinajstić information content (AvgIpc) is 2.84. The zero-order chi connectivity index (χ0) is 23.2. The molecule has 1 atom stereocenters. The molecular formula is C26H23N5O2. The maximum atomic E-state index is 13.2. The summed E-state index contributed by atoms with van der Waals surface area (Å²) in [6, 6.07) is 27.9. The molecule has 1 heterocycles. The standard InChI is InChI=1S/C26H23N5O2/c27-25(28)19-9-6-10-21(17-19)30-26(33)24(18-7-2-1-3-8-18)29-20-12-14-22(15-13-20)31-16-5-4-11-23(31)32/h1-17,24,29H,(H3,27,28)(H,30,33). The number of aromatic nitrogens is 1. The molecule has 33 heavy (non-hydrogen) atoms. The van der Waals surface area contributed by atoms with Gasteiger partial charge in [0, 0.05) is 34.9 Å². The number of amides is 1. The summed E-state index contributed by atoms with van der Waals surface area (Å²) in [5.41, 5.74) is 8.78. The van der Waals surface area contributed by atoms with E-state index in [0.717, 1.165) is 16.9 Å². The molecule has 0 aliphatic carbocycles. The predicted molar refractivity (Wildman–Crippen MR) is 131 cm³/mol. The Morgan fingerprint density at radius 2 is 1.58 bits per heavy atom. The number of nitrogen functional groups attached to an aromatic ring is 1. The summed E-state index contributed by atoms with van der Waals surface area (Å²) in [4.78, 5) is 25.3. The van der Waals surface area contributed by atoms with Crippen molar-refractivity contribution in [3.05, 3.63) is 125 Å². The van der Waals surface area contributed by atoms with Gasteiger partial charge in [0.25, 0.3) is 11.5 Å². The first-order valence-electron chi connectivity index (χ1n) is 10.4. The Bertz CT molecular complexity index is 1330. The average molecular weight is 438 g/mol. The van der Waals surface area contributed by atoms with Gasteiger partial charge in [0.2, 0.25) is 0 Å². The van der Waals surface area contributed by atoms with E-state index in [1.54, 1.807) is 47.2 Å². The van der Waals surface area contributed by atoms with E-state index in [4.69, 9.17) is 11.1 Å². The van der Waals surface area contributed by atoms with Gasteiger partial charge in [-0.3, -0.25) is 19.6 Å². The number of benzene rings is 3. The molecule has 7 heteroatoms. The van der Waals surface area contributed by atoms with Crippen molar-refractivity contribution in [3.8, 4) is 5.69 Å². The number of carbonyl (C=O) groups is 1. The fraction of sp³-hybridized carbons (Fsp3) is 0.0385. The summed E-state index contributed by atoms with van der Waals surface area (Å²) in [5.74, 6) is -0.327. The monoisotopic (exact) mass is 437 g/mol. The molecule has 5 N–H and O–H groups in total. The fourth-order valence-electron chi connectivity index (χ4n) is 3.45. The maximum absolute atomic E-state index is 13.2. The number of pyridine rings is 1. The first-order chi connectivity index (χ1) is 16.0. The summed E-state index contributed by atoms with van der Waals surface area (Å²) in [7, 11) is 0. The second-order valence-corrected chi connectivity index (χ2v) is 7.43. The molecule has 4 rings (SSSR count). The minimum absolute atomic E-state index is 0.0681. The van der Waals surface area contributed by atoms with Crippen LogP contribution in [-0.2, 0) is 4.79 Å². The largest absolute Gasteiger partial charge is 0.384 e. The molecule has 1 unspecified atom stereocenters. The highest BCUT2D eigenvalue weighted by Crippen LogP contribution is 2.23. The third kappa shape index (κ3) is 5.16. The summed E-state index contributed by atoms with van der Waals surface area (Å²) in [5, 5.41) is 13.8. The smallest absolute Gasteiger partial charge is 0.255 e. The number of carbonyl (C=O) groups excluding carboxylic acids is 1. The van der Waals surface area contributed by atoms with Crippen LogP contribution >= 0.6 is 0 Å². The molecule has 0 fully saturated rings. The van der Waals surface area contributed by atoms with Crippen molar-refractivity contribution < 1.29 is 4.79 Å². The second-order valence-electron chi connectivity index (χ2n) is 7.43. The molecule has 0 radical (unpaired) electrons. The van der Waals surface area contributed by atoms with E-state index < -0.39 is 6.04 Å². The molecule has 0 spiro atoms. The summed E-state index contributed by atoms with van der Waals surface area (Å²) in [6.45, 7) is 0. The lowest BCUT2D eigenvalue weighted by Crippen LogP contribution is -2.27. The summed E-state index contributed by atoms with van der Waals surface area (Å²) in [6.07, 6.45) is 1.71. The Morgan fingerprint density at radius 1 is 0.848 bits per heavy atom. The summed E-state index contributed by atoms with van der Waals surface area (Å²) < 4.78 is 1.55. The molecule has 3 aromatic carbocycles. The Labute approximate surface area is 191 Å². The van der Waals surface area contributed by atoms with Crippen molar-refractivity contribution >= 4 is 23.1 Å². The molecule has 0 bridgehead atoms. The van der Waals surface area contributed by atoms with Crippen LogP contribution in [0.3, 0.4) is 0 Å². The Balaban J connectivity index is 1.58. The van der Waals surface area contributed by atoms with Crippen molar-refractivity contribution in [2.75, 3.05) is 10.6 Å². The molecule has 0 saturated carbocycles. The van der Waals surface area contributed by atoms with Gasteiger partial charge in [-0.2, -0.15) is 0 Å². The SMILES string of the molecule is N=C(N)c1cccc(NC(=O)C(Nc2ccc(-n3ccccc3=O)cc2)c2ccccc2)c1. The van der Waals surface area contributed by atoms with E-state index in [2.05, 4.69) is 10.6 Å². The van der Waals surface area contributed by atoms with E-state index in [1.165, 1.54) is 6.07 Å². The molecule has 0 aliphatic heterocycles. The molecule has 4 aromatic rings. The quantitative estimate of drug-likeness (QED) is 0.259. The van der Waals surface area contributed by atoms with E-state index in [-0.39, 0.29) is 17.3 Å². The van der Waals surface area contributed by atoms with E-state index in [1.807, 2.05) is 54.6 Å². The molecule has 7 nitrogen and oxygen atoms in total. The van der Waals surface area contributed by atoms with Gasteiger partial charge in [0.1, 0.15) is 11.9 Å². The normalized spacial score (nSPS) is 11.4. The van der Waals surface area contributed by atoms with Crippen LogP contribution in [0.15, 0.2) is 108 Å². The number of hydrogen-bond acceptors (Lipinski definition) is 4.